The Kier molecular flexibility index (Phi) is 4.82. The molecule has 3 aromatic rings. The van der Waals surface area contributed by atoms with E-state index >= 15 is 0 Å². The first-order valence-electron chi connectivity index (χ1n) is 7.42. The summed E-state index contributed by atoms with van der Waals surface area (Å²) in [6.07, 6.45) is 4.77. The van der Waals surface area contributed by atoms with Crippen LogP contribution in [0.5, 0.6) is 0 Å². The lowest BCUT2D eigenvalue weighted by atomic mass is 10.1. The molecular formula is C18H15ClN4O. The number of carbonyl (C=O) groups is 1. The molecule has 2 heterocycles. The molecule has 6 heteroatoms. The Labute approximate surface area is 144 Å². The third kappa shape index (κ3) is 3.75. The summed E-state index contributed by atoms with van der Waals surface area (Å²) in [5.74, 6) is -0.259. The van der Waals surface area contributed by atoms with Gasteiger partial charge in [-0.05, 0) is 42.8 Å². The zero-order valence-electron chi connectivity index (χ0n) is 13.0. The van der Waals surface area contributed by atoms with E-state index in [0.29, 0.717) is 16.4 Å². The van der Waals surface area contributed by atoms with Gasteiger partial charge in [0.05, 0.1) is 11.7 Å². The molecule has 5 nitrogen and oxygen atoms in total. The second-order valence-electron chi connectivity index (χ2n) is 5.27. The summed E-state index contributed by atoms with van der Waals surface area (Å²) in [6, 6.07) is 12.5. The maximum Gasteiger partial charge on any atom is 0.270 e. The number of halogens is 1. The minimum atomic E-state index is -0.259. The Morgan fingerprint density at radius 3 is 2.67 bits per heavy atom. The first-order valence-corrected chi connectivity index (χ1v) is 7.80. The molecule has 0 saturated carbocycles. The average Bonchev–Trinajstić information content (AvgIpc) is 2.62. The average molecular weight is 339 g/mol. The standard InChI is InChI=1S/C18H15ClN4O/c1-12(13-5-7-20-8-6-13)23-18(24)17-10-16(21-11-22-17)14-3-2-4-15(19)9-14/h2-12H,1H3,(H,23,24)/t12-/m0/s1. The van der Waals surface area contributed by atoms with Crippen LogP contribution in [-0.4, -0.2) is 20.9 Å². The monoisotopic (exact) mass is 338 g/mol. The highest BCUT2D eigenvalue weighted by atomic mass is 35.5. The van der Waals surface area contributed by atoms with Crippen molar-refractivity contribution in [2.75, 3.05) is 0 Å². The van der Waals surface area contributed by atoms with Crippen molar-refractivity contribution in [1.29, 1.82) is 0 Å². The molecular weight excluding hydrogens is 324 g/mol. The van der Waals surface area contributed by atoms with Gasteiger partial charge < -0.3 is 5.32 Å². The quantitative estimate of drug-likeness (QED) is 0.788. The van der Waals surface area contributed by atoms with Gasteiger partial charge in [-0.2, -0.15) is 0 Å². The molecule has 120 valence electrons. The first-order chi connectivity index (χ1) is 11.6. The molecule has 0 aliphatic heterocycles. The number of nitrogens with zero attached hydrogens (tertiary/aromatic N) is 3. The number of hydrogen-bond acceptors (Lipinski definition) is 4. The number of amides is 1. The Hall–Kier alpha value is -2.79. The fourth-order valence-electron chi connectivity index (χ4n) is 2.29. The Bertz CT molecular complexity index is 854. The lowest BCUT2D eigenvalue weighted by molar-refractivity contribution is 0.0934. The molecule has 0 aliphatic carbocycles. The van der Waals surface area contributed by atoms with Crippen LogP contribution in [0.1, 0.15) is 29.0 Å². The molecule has 1 amide bonds. The number of pyridine rings is 1. The lowest BCUT2D eigenvalue weighted by Gasteiger charge is -2.13. The van der Waals surface area contributed by atoms with Crippen LogP contribution in [0, 0.1) is 0 Å². The van der Waals surface area contributed by atoms with Gasteiger partial charge >= 0.3 is 0 Å². The van der Waals surface area contributed by atoms with E-state index in [0.717, 1.165) is 11.1 Å². The molecule has 0 spiro atoms. The van der Waals surface area contributed by atoms with Gasteiger partial charge in [0.25, 0.3) is 5.91 Å². The molecule has 2 aromatic heterocycles. The summed E-state index contributed by atoms with van der Waals surface area (Å²) in [6.45, 7) is 1.91. The minimum Gasteiger partial charge on any atom is -0.344 e. The van der Waals surface area contributed by atoms with Crippen LogP contribution in [0.2, 0.25) is 5.02 Å². The van der Waals surface area contributed by atoms with Crippen LogP contribution in [0.15, 0.2) is 61.2 Å². The van der Waals surface area contributed by atoms with Crippen LogP contribution < -0.4 is 5.32 Å². The molecule has 0 fully saturated rings. The Morgan fingerprint density at radius 2 is 1.92 bits per heavy atom. The highest BCUT2D eigenvalue weighted by Gasteiger charge is 2.14. The van der Waals surface area contributed by atoms with E-state index in [4.69, 9.17) is 11.6 Å². The summed E-state index contributed by atoms with van der Waals surface area (Å²) < 4.78 is 0. The molecule has 0 bridgehead atoms. The van der Waals surface area contributed by atoms with Crippen molar-refractivity contribution in [2.45, 2.75) is 13.0 Å². The van der Waals surface area contributed by atoms with E-state index in [2.05, 4.69) is 20.3 Å². The molecule has 1 aromatic carbocycles. The van der Waals surface area contributed by atoms with Crippen molar-refractivity contribution in [2.24, 2.45) is 0 Å². The summed E-state index contributed by atoms with van der Waals surface area (Å²) in [7, 11) is 0. The number of nitrogens with one attached hydrogen (secondary N) is 1. The topological polar surface area (TPSA) is 67.8 Å². The lowest BCUT2D eigenvalue weighted by Crippen LogP contribution is -2.27. The van der Waals surface area contributed by atoms with Crippen molar-refractivity contribution in [3.05, 3.63) is 77.5 Å². The van der Waals surface area contributed by atoms with Crippen molar-refractivity contribution < 1.29 is 4.79 Å². The van der Waals surface area contributed by atoms with E-state index in [-0.39, 0.29) is 11.9 Å². The van der Waals surface area contributed by atoms with E-state index in [1.807, 2.05) is 31.2 Å². The van der Waals surface area contributed by atoms with E-state index < -0.39 is 0 Å². The van der Waals surface area contributed by atoms with Crippen molar-refractivity contribution in [3.63, 3.8) is 0 Å². The smallest absolute Gasteiger partial charge is 0.270 e. The molecule has 1 N–H and O–H groups in total. The SMILES string of the molecule is C[C@H](NC(=O)c1cc(-c2cccc(Cl)c2)ncn1)c1ccncc1. The fraction of sp³-hybridized carbons (Fsp3) is 0.111. The molecule has 0 aliphatic rings. The number of benzene rings is 1. The van der Waals surface area contributed by atoms with Crippen LogP contribution >= 0.6 is 11.6 Å². The summed E-state index contributed by atoms with van der Waals surface area (Å²) >= 11 is 6.01. The van der Waals surface area contributed by atoms with E-state index in [9.17, 15) is 4.79 Å². The van der Waals surface area contributed by atoms with Gasteiger partial charge in [-0.25, -0.2) is 9.97 Å². The molecule has 3 rings (SSSR count). The van der Waals surface area contributed by atoms with Crippen LogP contribution in [-0.2, 0) is 0 Å². The van der Waals surface area contributed by atoms with E-state index in [1.165, 1.54) is 6.33 Å². The third-order valence-corrected chi connectivity index (χ3v) is 3.81. The van der Waals surface area contributed by atoms with Gasteiger partial charge in [0.15, 0.2) is 0 Å². The molecule has 1 atom stereocenters. The van der Waals surface area contributed by atoms with Crippen molar-refractivity contribution in [1.82, 2.24) is 20.3 Å². The zero-order valence-corrected chi connectivity index (χ0v) is 13.7. The number of rotatable bonds is 4. The van der Waals surface area contributed by atoms with Gasteiger partial charge in [0.1, 0.15) is 12.0 Å². The summed E-state index contributed by atoms with van der Waals surface area (Å²) in [5.41, 5.74) is 2.76. The van der Waals surface area contributed by atoms with Crippen LogP contribution in [0.4, 0.5) is 0 Å². The highest BCUT2D eigenvalue weighted by molar-refractivity contribution is 6.30. The zero-order chi connectivity index (χ0) is 16.9. The molecule has 24 heavy (non-hydrogen) atoms. The Morgan fingerprint density at radius 1 is 1.12 bits per heavy atom. The van der Waals surface area contributed by atoms with Gasteiger partial charge in [-0.15, -0.1) is 0 Å². The summed E-state index contributed by atoms with van der Waals surface area (Å²) in [4.78, 5) is 24.7. The predicted octanol–water partition coefficient (Wildman–Crippen LogP) is 3.68. The highest BCUT2D eigenvalue weighted by Crippen LogP contribution is 2.21. The van der Waals surface area contributed by atoms with Crippen LogP contribution in [0.25, 0.3) is 11.3 Å². The Balaban J connectivity index is 1.80. The minimum absolute atomic E-state index is 0.148. The second-order valence-corrected chi connectivity index (χ2v) is 5.71. The van der Waals surface area contributed by atoms with Gasteiger partial charge in [0.2, 0.25) is 0 Å². The summed E-state index contributed by atoms with van der Waals surface area (Å²) in [5, 5.41) is 3.53. The van der Waals surface area contributed by atoms with Gasteiger partial charge in [-0.3, -0.25) is 9.78 Å². The third-order valence-electron chi connectivity index (χ3n) is 3.57. The fourth-order valence-corrected chi connectivity index (χ4v) is 2.48. The van der Waals surface area contributed by atoms with Gasteiger partial charge in [-0.1, -0.05) is 23.7 Å². The second kappa shape index (κ2) is 7.19. The molecule has 0 radical (unpaired) electrons. The number of carbonyl (C=O) groups excluding carboxylic acids is 1. The molecule has 0 saturated heterocycles. The maximum absolute atomic E-state index is 12.4. The molecule has 0 unspecified atom stereocenters. The maximum atomic E-state index is 12.4. The normalized spacial score (nSPS) is 11.8. The van der Waals surface area contributed by atoms with Crippen molar-refractivity contribution in [3.8, 4) is 11.3 Å². The van der Waals surface area contributed by atoms with Gasteiger partial charge in [0, 0.05) is 23.0 Å². The largest absolute Gasteiger partial charge is 0.344 e. The first kappa shape index (κ1) is 16.1. The number of hydrogen-bond donors (Lipinski definition) is 1. The van der Waals surface area contributed by atoms with Crippen molar-refractivity contribution >= 4 is 17.5 Å². The number of aromatic nitrogens is 3. The van der Waals surface area contributed by atoms with E-state index in [1.54, 1.807) is 30.6 Å². The van der Waals surface area contributed by atoms with Crippen LogP contribution in [0.3, 0.4) is 0 Å². The predicted molar refractivity (Wildman–Crippen MR) is 92.6 cm³/mol.